The number of piperidine rings is 1. The van der Waals surface area contributed by atoms with Gasteiger partial charge in [-0.05, 0) is 36.5 Å². The number of ether oxygens (including phenoxy) is 1. The third-order valence-electron chi connectivity index (χ3n) is 4.54. The Morgan fingerprint density at radius 2 is 1.88 bits per heavy atom. The molecule has 0 unspecified atom stereocenters. The van der Waals surface area contributed by atoms with Gasteiger partial charge in [0.25, 0.3) is 0 Å². The number of hydrogen-bond donors (Lipinski definition) is 1. The van der Waals surface area contributed by atoms with Gasteiger partial charge in [0.05, 0.1) is 24.2 Å². The van der Waals surface area contributed by atoms with Crippen LogP contribution in [-0.4, -0.2) is 64.4 Å². The Hall–Kier alpha value is -1.64. The Morgan fingerprint density at radius 3 is 2.42 bits per heavy atom. The third-order valence-corrected chi connectivity index (χ3v) is 6.35. The lowest BCUT2D eigenvalue weighted by Crippen LogP contribution is -2.42. The van der Waals surface area contributed by atoms with Gasteiger partial charge in [-0.15, -0.1) is 0 Å². The molecule has 8 heteroatoms. The van der Waals surface area contributed by atoms with Gasteiger partial charge >= 0.3 is 0 Å². The van der Waals surface area contributed by atoms with Crippen molar-refractivity contribution in [1.82, 2.24) is 9.21 Å². The molecule has 1 aliphatic heterocycles. The maximum Gasteiger partial charge on any atom is 0.242 e. The van der Waals surface area contributed by atoms with E-state index in [0.717, 1.165) is 17.4 Å². The van der Waals surface area contributed by atoms with E-state index < -0.39 is 10.0 Å². The zero-order valence-corrected chi connectivity index (χ0v) is 17.0. The van der Waals surface area contributed by atoms with E-state index in [1.165, 1.54) is 39.8 Å². The molecule has 0 aromatic heterocycles. The Kier molecular flexibility index (Phi) is 6.65. The summed E-state index contributed by atoms with van der Waals surface area (Å²) in [5.41, 5.74) is 0.360. The van der Waals surface area contributed by atoms with Crippen molar-refractivity contribution in [2.45, 2.75) is 25.2 Å². The largest absolute Gasteiger partial charge is 0.495 e. The van der Waals surface area contributed by atoms with Crippen LogP contribution < -0.4 is 10.1 Å². The highest BCUT2D eigenvalue weighted by atomic mass is 32.2. The molecule has 0 aliphatic carbocycles. The standard InChI is InChI=1S/C18H29N3O4S/c1-13-8-14(2)11-21(10-13)12-18(22)19-16-9-15(6-7-17(16)25-5)26(23,24)20(3)4/h6-7,9,13-14H,8,10-12H2,1-5H3,(H,19,22)/t13-,14+. The summed E-state index contributed by atoms with van der Waals surface area (Å²) in [5, 5.41) is 2.80. The second kappa shape index (κ2) is 8.37. The maximum atomic E-state index is 12.5. The number of nitrogens with zero attached hydrogens (tertiary/aromatic N) is 2. The van der Waals surface area contributed by atoms with Gasteiger partial charge in [0, 0.05) is 27.2 Å². The Balaban J connectivity index is 2.15. The molecule has 1 fully saturated rings. The highest BCUT2D eigenvalue weighted by Crippen LogP contribution is 2.28. The van der Waals surface area contributed by atoms with E-state index in [1.54, 1.807) is 6.07 Å². The van der Waals surface area contributed by atoms with Gasteiger partial charge in [0.2, 0.25) is 15.9 Å². The number of anilines is 1. The lowest BCUT2D eigenvalue weighted by molar-refractivity contribution is -0.117. The van der Waals surface area contributed by atoms with Crippen LogP contribution in [0.2, 0.25) is 0 Å². The van der Waals surface area contributed by atoms with Gasteiger partial charge in [-0.2, -0.15) is 0 Å². The van der Waals surface area contributed by atoms with Crippen LogP contribution >= 0.6 is 0 Å². The number of rotatable bonds is 6. The van der Waals surface area contributed by atoms with Crippen molar-refractivity contribution in [1.29, 1.82) is 0 Å². The molecule has 1 aromatic carbocycles. The molecule has 2 rings (SSSR count). The van der Waals surface area contributed by atoms with Crippen LogP contribution in [-0.2, 0) is 14.8 Å². The summed E-state index contributed by atoms with van der Waals surface area (Å²) in [6.07, 6.45) is 1.18. The van der Waals surface area contributed by atoms with Crippen LogP contribution in [0, 0.1) is 11.8 Å². The van der Waals surface area contributed by atoms with Gasteiger partial charge in [-0.25, -0.2) is 12.7 Å². The highest BCUT2D eigenvalue weighted by Gasteiger charge is 2.24. The first-order valence-corrected chi connectivity index (χ1v) is 10.2. The van der Waals surface area contributed by atoms with E-state index in [0.29, 0.717) is 23.3 Å². The molecular weight excluding hydrogens is 354 g/mol. The molecule has 7 nitrogen and oxygen atoms in total. The number of methoxy groups -OCH3 is 1. The van der Waals surface area contributed by atoms with Crippen molar-refractivity contribution in [2.24, 2.45) is 11.8 Å². The smallest absolute Gasteiger partial charge is 0.242 e. The minimum atomic E-state index is -3.59. The Bertz CT molecular complexity index is 739. The fourth-order valence-electron chi connectivity index (χ4n) is 3.47. The summed E-state index contributed by atoms with van der Waals surface area (Å²) < 4.78 is 31.0. The van der Waals surface area contributed by atoms with Crippen molar-refractivity contribution in [3.63, 3.8) is 0 Å². The van der Waals surface area contributed by atoms with Gasteiger partial charge in [0.15, 0.2) is 0 Å². The van der Waals surface area contributed by atoms with Crippen molar-refractivity contribution in [3.8, 4) is 5.75 Å². The average molecular weight is 384 g/mol. The fraction of sp³-hybridized carbons (Fsp3) is 0.611. The molecular formula is C18H29N3O4S. The molecule has 1 N–H and O–H groups in total. The van der Waals surface area contributed by atoms with E-state index in [4.69, 9.17) is 4.74 Å². The van der Waals surface area contributed by atoms with Crippen molar-refractivity contribution in [3.05, 3.63) is 18.2 Å². The molecule has 1 aromatic rings. The quantitative estimate of drug-likeness (QED) is 0.811. The molecule has 0 saturated carbocycles. The van der Waals surface area contributed by atoms with Gasteiger partial charge in [0.1, 0.15) is 5.75 Å². The molecule has 1 saturated heterocycles. The van der Waals surface area contributed by atoms with Crippen LogP contribution in [0.3, 0.4) is 0 Å². The predicted molar refractivity (Wildman–Crippen MR) is 102 cm³/mol. The summed E-state index contributed by atoms with van der Waals surface area (Å²) in [5.74, 6) is 1.38. The van der Waals surface area contributed by atoms with E-state index in [-0.39, 0.29) is 17.3 Å². The summed E-state index contributed by atoms with van der Waals surface area (Å²) in [7, 11) is 0.837. The highest BCUT2D eigenvalue weighted by molar-refractivity contribution is 7.89. The minimum absolute atomic E-state index is 0.110. The zero-order chi connectivity index (χ0) is 19.5. The summed E-state index contributed by atoms with van der Waals surface area (Å²) in [6, 6.07) is 4.46. The summed E-state index contributed by atoms with van der Waals surface area (Å²) in [4.78, 5) is 14.7. The SMILES string of the molecule is COc1ccc(S(=O)(=O)N(C)C)cc1NC(=O)CN1C[C@H](C)C[C@H](C)C1. The third kappa shape index (κ3) is 4.96. The van der Waals surface area contributed by atoms with Gasteiger partial charge in [-0.3, -0.25) is 9.69 Å². The molecule has 1 heterocycles. The van der Waals surface area contributed by atoms with E-state index in [9.17, 15) is 13.2 Å². The van der Waals surface area contributed by atoms with Crippen molar-refractivity contribution >= 4 is 21.6 Å². The molecule has 0 spiro atoms. The number of sulfonamides is 1. The maximum absolute atomic E-state index is 12.5. The first-order valence-electron chi connectivity index (χ1n) is 8.76. The Labute approximate surface area is 156 Å². The fourth-order valence-corrected chi connectivity index (χ4v) is 4.40. The minimum Gasteiger partial charge on any atom is -0.495 e. The first kappa shape index (κ1) is 20.7. The van der Waals surface area contributed by atoms with Crippen LogP contribution in [0.4, 0.5) is 5.69 Å². The van der Waals surface area contributed by atoms with Crippen molar-refractivity contribution < 1.29 is 17.9 Å². The second-order valence-electron chi connectivity index (χ2n) is 7.34. The number of carbonyl (C=O) groups excluding carboxylic acids is 1. The molecule has 1 amide bonds. The predicted octanol–water partition coefficient (Wildman–Crippen LogP) is 1.86. The molecule has 0 radical (unpaired) electrons. The molecule has 26 heavy (non-hydrogen) atoms. The van der Waals surface area contributed by atoms with E-state index >= 15 is 0 Å². The van der Waals surface area contributed by atoms with E-state index in [2.05, 4.69) is 24.1 Å². The summed E-state index contributed by atoms with van der Waals surface area (Å²) >= 11 is 0. The number of likely N-dealkylation sites (tertiary alicyclic amines) is 1. The monoisotopic (exact) mass is 383 g/mol. The van der Waals surface area contributed by atoms with Gasteiger partial charge in [-0.1, -0.05) is 13.8 Å². The number of carbonyl (C=O) groups is 1. The number of benzene rings is 1. The lowest BCUT2D eigenvalue weighted by atomic mass is 9.92. The van der Waals surface area contributed by atoms with Crippen LogP contribution in [0.1, 0.15) is 20.3 Å². The molecule has 1 aliphatic rings. The molecule has 0 bridgehead atoms. The number of hydrogen-bond acceptors (Lipinski definition) is 5. The lowest BCUT2D eigenvalue weighted by Gasteiger charge is -2.34. The van der Waals surface area contributed by atoms with Gasteiger partial charge < -0.3 is 10.1 Å². The topological polar surface area (TPSA) is 79.0 Å². The molecule has 2 atom stereocenters. The van der Waals surface area contributed by atoms with Crippen molar-refractivity contribution in [2.75, 3.05) is 46.2 Å². The van der Waals surface area contributed by atoms with E-state index in [1.807, 2.05) is 0 Å². The van der Waals surface area contributed by atoms with Crippen LogP contribution in [0.5, 0.6) is 5.75 Å². The first-order chi connectivity index (χ1) is 12.1. The second-order valence-corrected chi connectivity index (χ2v) is 9.49. The molecule has 146 valence electrons. The van der Waals surface area contributed by atoms with Crippen LogP contribution in [0.25, 0.3) is 0 Å². The normalized spacial score (nSPS) is 21.6. The summed E-state index contributed by atoms with van der Waals surface area (Å²) in [6.45, 7) is 6.45. The van der Waals surface area contributed by atoms with Crippen LogP contribution in [0.15, 0.2) is 23.1 Å². The zero-order valence-electron chi connectivity index (χ0n) is 16.2. The Morgan fingerprint density at radius 1 is 1.27 bits per heavy atom. The number of nitrogens with one attached hydrogen (secondary N) is 1. The average Bonchev–Trinajstić information content (AvgIpc) is 2.53. The number of amides is 1.